The molecule has 0 bridgehead atoms. The molecule has 1 aromatic rings. The number of hydrogen-bond donors (Lipinski definition) is 2. The number of carbonyl (C=O) groups is 1. The van der Waals surface area contributed by atoms with Gasteiger partial charge in [-0.1, -0.05) is 20.8 Å². The SMILES string of the molecule is CC1(OCC(=O)Nc2nc(C(C)(C)C)cs2)CNC1. The summed E-state index contributed by atoms with van der Waals surface area (Å²) in [4.78, 5) is 16.2. The van der Waals surface area contributed by atoms with Gasteiger partial charge in [-0.2, -0.15) is 0 Å². The van der Waals surface area contributed by atoms with E-state index in [0.717, 1.165) is 18.8 Å². The van der Waals surface area contributed by atoms with Crippen LogP contribution in [-0.4, -0.2) is 36.2 Å². The Morgan fingerprint density at radius 3 is 2.74 bits per heavy atom. The lowest BCUT2D eigenvalue weighted by molar-refractivity contribution is -0.130. The highest BCUT2D eigenvalue weighted by Gasteiger charge is 2.33. The van der Waals surface area contributed by atoms with E-state index in [0.29, 0.717) is 5.13 Å². The van der Waals surface area contributed by atoms with Crippen molar-refractivity contribution in [3.05, 3.63) is 11.1 Å². The molecule has 1 fully saturated rings. The number of anilines is 1. The first kappa shape index (κ1) is 14.4. The van der Waals surface area contributed by atoms with Crippen LogP contribution in [0.2, 0.25) is 0 Å². The third kappa shape index (κ3) is 3.75. The second-order valence-corrected chi connectivity index (χ2v) is 7.04. The number of ether oxygens (including phenoxy) is 1. The van der Waals surface area contributed by atoms with Crippen LogP contribution in [0, 0.1) is 0 Å². The zero-order chi connectivity index (χ0) is 14.1. The van der Waals surface area contributed by atoms with Crippen LogP contribution in [0.5, 0.6) is 0 Å². The van der Waals surface area contributed by atoms with Crippen molar-refractivity contribution in [2.24, 2.45) is 0 Å². The summed E-state index contributed by atoms with van der Waals surface area (Å²) in [7, 11) is 0. The summed E-state index contributed by atoms with van der Waals surface area (Å²) in [6.45, 7) is 9.96. The summed E-state index contributed by atoms with van der Waals surface area (Å²) >= 11 is 1.45. The zero-order valence-corrected chi connectivity index (χ0v) is 12.7. The standard InChI is InChI=1S/C13H21N3O2S/c1-12(2,3)9-6-19-11(15-9)16-10(17)5-18-13(4)7-14-8-13/h6,14H,5,7-8H2,1-4H3,(H,15,16,17). The summed E-state index contributed by atoms with van der Waals surface area (Å²) < 4.78 is 5.58. The van der Waals surface area contributed by atoms with E-state index in [-0.39, 0.29) is 23.5 Å². The average Bonchev–Trinajstić information content (AvgIpc) is 2.72. The zero-order valence-electron chi connectivity index (χ0n) is 11.9. The van der Waals surface area contributed by atoms with Crippen LogP contribution in [-0.2, 0) is 14.9 Å². The Labute approximate surface area is 117 Å². The largest absolute Gasteiger partial charge is 0.363 e. The van der Waals surface area contributed by atoms with E-state index in [4.69, 9.17) is 4.74 Å². The molecule has 106 valence electrons. The fraction of sp³-hybridized carbons (Fsp3) is 0.692. The van der Waals surface area contributed by atoms with E-state index in [1.54, 1.807) is 0 Å². The quantitative estimate of drug-likeness (QED) is 0.884. The van der Waals surface area contributed by atoms with Gasteiger partial charge >= 0.3 is 0 Å². The molecule has 0 atom stereocenters. The molecule has 0 unspecified atom stereocenters. The number of aromatic nitrogens is 1. The number of rotatable bonds is 4. The molecule has 0 aliphatic carbocycles. The van der Waals surface area contributed by atoms with Crippen molar-refractivity contribution in [1.82, 2.24) is 10.3 Å². The summed E-state index contributed by atoms with van der Waals surface area (Å²) in [5, 5.41) is 8.52. The van der Waals surface area contributed by atoms with Crippen LogP contribution in [0.4, 0.5) is 5.13 Å². The van der Waals surface area contributed by atoms with Crippen molar-refractivity contribution < 1.29 is 9.53 Å². The van der Waals surface area contributed by atoms with Crippen molar-refractivity contribution in [2.45, 2.75) is 38.7 Å². The molecule has 5 nitrogen and oxygen atoms in total. The normalized spacial score (nSPS) is 17.9. The van der Waals surface area contributed by atoms with Gasteiger partial charge in [0.2, 0.25) is 0 Å². The minimum Gasteiger partial charge on any atom is -0.363 e. The molecule has 0 spiro atoms. The summed E-state index contributed by atoms with van der Waals surface area (Å²) in [6.07, 6.45) is 0. The lowest BCUT2D eigenvalue weighted by atomic mass is 9.93. The predicted octanol–water partition coefficient (Wildman–Crippen LogP) is 1.76. The number of amides is 1. The molecule has 2 rings (SSSR count). The van der Waals surface area contributed by atoms with Crippen molar-refractivity contribution in [1.29, 1.82) is 0 Å². The summed E-state index contributed by atoms with van der Waals surface area (Å²) in [5.74, 6) is -0.150. The Morgan fingerprint density at radius 2 is 2.26 bits per heavy atom. The van der Waals surface area contributed by atoms with E-state index < -0.39 is 0 Å². The van der Waals surface area contributed by atoms with Gasteiger partial charge in [0.1, 0.15) is 6.61 Å². The maximum absolute atomic E-state index is 11.8. The molecule has 0 saturated carbocycles. The van der Waals surface area contributed by atoms with Crippen LogP contribution in [0.1, 0.15) is 33.4 Å². The van der Waals surface area contributed by atoms with Gasteiger partial charge in [-0.15, -0.1) is 11.3 Å². The fourth-order valence-corrected chi connectivity index (χ4v) is 2.60. The van der Waals surface area contributed by atoms with Crippen molar-refractivity contribution in [3.8, 4) is 0 Å². The molecule has 1 aliphatic heterocycles. The molecule has 0 aromatic carbocycles. The molecule has 0 radical (unpaired) electrons. The second kappa shape index (κ2) is 5.19. The molecular formula is C13H21N3O2S. The number of nitrogens with one attached hydrogen (secondary N) is 2. The van der Waals surface area contributed by atoms with E-state index in [2.05, 4.69) is 36.4 Å². The monoisotopic (exact) mass is 283 g/mol. The highest BCUT2D eigenvalue weighted by Crippen LogP contribution is 2.26. The van der Waals surface area contributed by atoms with Gasteiger partial charge in [-0.3, -0.25) is 10.1 Å². The van der Waals surface area contributed by atoms with Gasteiger partial charge in [0, 0.05) is 23.9 Å². The highest BCUT2D eigenvalue weighted by atomic mass is 32.1. The van der Waals surface area contributed by atoms with Gasteiger partial charge < -0.3 is 10.1 Å². The Kier molecular flexibility index (Phi) is 3.94. The Hall–Kier alpha value is -0.980. The van der Waals surface area contributed by atoms with Gasteiger partial charge in [0.25, 0.3) is 5.91 Å². The number of thiazole rings is 1. The summed E-state index contributed by atoms with van der Waals surface area (Å²) in [6, 6.07) is 0. The van der Waals surface area contributed by atoms with Gasteiger partial charge in [0.15, 0.2) is 5.13 Å². The lowest BCUT2D eigenvalue weighted by Gasteiger charge is -2.38. The Bertz CT molecular complexity index is 461. The topological polar surface area (TPSA) is 63.2 Å². The van der Waals surface area contributed by atoms with Gasteiger partial charge in [0.05, 0.1) is 11.3 Å². The van der Waals surface area contributed by atoms with Crippen LogP contribution >= 0.6 is 11.3 Å². The minimum absolute atomic E-state index is 0.00105. The van der Waals surface area contributed by atoms with Crippen molar-refractivity contribution in [3.63, 3.8) is 0 Å². The Balaban J connectivity index is 1.83. The third-order valence-electron chi connectivity index (χ3n) is 3.07. The maximum Gasteiger partial charge on any atom is 0.252 e. The first-order chi connectivity index (χ1) is 8.78. The lowest BCUT2D eigenvalue weighted by Crippen LogP contribution is -2.59. The van der Waals surface area contributed by atoms with Gasteiger partial charge in [-0.05, 0) is 6.92 Å². The van der Waals surface area contributed by atoms with E-state index in [1.165, 1.54) is 11.3 Å². The number of nitrogens with zero attached hydrogens (tertiary/aromatic N) is 1. The minimum atomic E-state index is -0.198. The maximum atomic E-state index is 11.8. The van der Waals surface area contributed by atoms with E-state index in [9.17, 15) is 4.79 Å². The van der Waals surface area contributed by atoms with Crippen LogP contribution in [0.3, 0.4) is 0 Å². The van der Waals surface area contributed by atoms with Crippen molar-refractivity contribution >= 4 is 22.4 Å². The summed E-state index contributed by atoms with van der Waals surface area (Å²) in [5.41, 5.74) is 0.793. The van der Waals surface area contributed by atoms with Gasteiger partial charge in [-0.25, -0.2) is 4.98 Å². The molecule has 19 heavy (non-hydrogen) atoms. The first-order valence-corrected chi connectivity index (χ1v) is 7.27. The molecule has 2 heterocycles. The number of hydrogen-bond acceptors (Lipinski definition) is 5. The fourth-order valence-electron chi connectivity index (χ4n) is 1.65. The molecule has 6 heteroatoms. The average molecular weight is 283 g/mol. The van der Waals surface area contributed by atoms with Crippen LogP contribution < -0.4 is 10.6 Å². The molecule has 1 aromatic heterocycles. The van der Waals surface area contributed by atoms with E-state index in [1.807, 2.05) is 12.3 Å². The third-order valence-corrected chi connectivity index (χ3v) is 3.83. The van der Waals surface area contributed by atoms with Crippen LogP contribution in [0.25, 0.3) is 0 Å². The second-order valence-electron chi connectivity index (χ2n) is 6.18. The number of carbonyl (C=O) groups excluding carboxylic acids is 1. The highest BCUT2D eigenvalue weighted by molar-refractivity contribution is 7.13. The molecule has 1 saturated heterocycles. The molecule has 2 N–H and O–H groups in total. The van der Waals surface area contributed by atoms with E-state index >= 15 is 0 Å². The van der Waals surface area contributed by atoms with Crippen molar-refractivity contribution in [2.75, 3.05) is 25.0 Å². The molecule has 1 aliphatic rings. The Morgan fingerprint density at radius 1 is 1.58 bits per heavy atom. The van der Waals surface area contributed by atoms with Crippen LogP contribution in [0.15, 0.2) is 5.38 Å². The molecular weight excluding hydrogens is 262 g/mol. The first-order valence-electron chi connectivity index (χ1n) is 6.39. The molecule has 1 amide bonds. The predicted molar refractivity (Wildman–Crippen MR) is 76.7 cm³/mol. The smallest absolute Gasteiger partial charge is 0.252 e.